The molecule has 0 saturated carbocycles. The Hall–Kier alpha value is -1.89. The number of aliphatic carboxylic acids is 1. The zero-order valence-electron chi connectivity index (χ0n) is 14.2. The predicted octanol–water partition coefficient (Wildman–Crippen LogP) is 3.27. The first-order chi connectivity index (χ1) is 11.6. The van der Waals surface area contributed by atoms with Crippen LogP contribution in [-0.2, 0) is 21.2 Å². The van der Waals surface area contributed by atoms with Crippen LogP contribution >= 0.6 is 11.6 Å². The van der Waals surface area contributed by atoms with E-state index in [-0.39, 0.29) is 11.3 Å². The number of carboxylic acid groups (broad SMARTS) is 1. The Labute approximate surface area is 152 Å². The third-order valence-corrected chi connectivity index (χ3v) is 6.51. The van der Waals surface area contributed by atoms with Gasteiger partial charge in [-0.3, -0.25) is 4.79 Å². The van der Waals surface area contributed by atoms with Crippen LogP contribution in [-0.4, -0.2) is 36.9 Å². The number of carboxylic acids is 1. The van der Waals surface area contributed by atoms with E-state index in [1.54, 1.807) is 37.3 Å². The van der Waals surface area contributed by atoms with E-state index >= 15 is 0 Å². The number of likely N-dealkylation sites (N-methyl/N-ethyl adjacent to an activating group) is 1. The molecule has 0 fully saturated rings. The Morgan fingerprint density at radius 3 is 2.32 bits per heavy atom. The van der Waals surface area contributed by atoms with Crippen molar-refractivity contribution in [2.45, 2.75) is 31.2 Å². The number of aryl methyl sites for hydroxylation is 1. The molecule has 0 aliphatic carbocycles. The summed E-state index contributed by atoms with van der Waals surface area (Å²) < 4.78 is 26.4. The Morgan fingerprint density at radius 2 is 1.76 bits per heavy atom. The highest BCUT2D eigenvalue weighted by molar-refractivity contribution is 7.89. The lowest BCUT2D eigenvalue weighted by molar-refractivity contribution is -0.141. The Balaban J connectivity index is 2.37. The SMILES string of the molecule is Cc1ccc(S(=O)(=O)N(C)C(Cc2cccc(Cl)c2C)C(=O)O)cc1. The molecule has 0 aliphatic heterocycles. The summed E-state index contributed by atoms with van der Waals surface area (Å²) in [6.07, 6.45) is 0.0311. The number of benzene rings is 2. The molecule has 0 aliphatic rings. The molecule has 5 nitrogen and oxygen atoms in total. The first-order valence-electron chi connectivity index (χ1n) is 7.66. The molecule has 1 unspecified atom stereocenters. The van der Waals surface area contributed by atoms with Gasteiger partial charge in [0, 0.05) is 18.5 Å². The maximum Gasteiger partial charge on any atom is 0.322 e. The molecule has 7 heteroatoms. The van der Waals surface area contributed by atoms with Crippen molar-refractivity contribution in [1.82, 2.24) is 4.31 Å². The number of nitrogens with zero attached hydrogens (tertiary/aromatic N) is 1. The van der Waals surface area contributed by atoms with Crippen molar-refractivity contribution in [2.75, 3.05) is 7.05 Å². The van der Waals surface area contributed by atoms with Crippen molar-refractivity contribution in [1.29, 1.82) is 0 Å². The second kappa shape index (κ2) is 7.56. The predicted molar refractivity (Wildman–Crippen MR) is 97.4 cm³/mol. The Morgan fingerprint density at radius 1 is 1.16 bits per heavy atom. The monoisotopic (exact) mass is 381 g/mol. The molecule has 1 N–H and O–H groups in total. The summed E-state index contributed by atoms with van der Waals surface area (Å²) in [5.41, 5.74) is 2.37. The molecule has 0 amide bonds. The van der Waals surface area contributed by atoms with Gasteiger partial charge in [0.1, 0.15) is 6.04 Å². The van der Waals surface area contributed by atoms with Crippen LogP contribution in [0.3, 0.4) is 0 Å². The highest BCUT2D eigenvalue weighted by Gasteiger charge is 2.33. The van der Waals surface area contributed by atoms with E-state index in [4.69, 9.17) is 11.6 Å². The highest BCUT2D eigenvalue weighted by Crippen LogP contribution is 2.23. The summed E-state index contributed by atoms with van der Waals surface area (Å²) in [5, 5.41) is 10.1. The molecule has 2 aromatic rings. The fourth-order valence-corrected chi connectivity index (χ4v) is 4.00. The van der Waals surface area contributed by atoms with Crippen molar-refractivity contribution in [3.63, 3.8) is 0 Å². The zero-order valence-corrected chi connectivity index (χ0v) is 15.8. The van der Waals surface area contributed by atoms with E-state index in [1.165, 1.54) is 19.2 Å². The smallest absolute Gasteiger partial charge is 0.322 e. The van der Waals surface area contributed by atoms with Crippen LogP contribution in [0.15, 0.2) is 47.4 Å². The van der Waals surface area contributed by atoms with Crippen molar-refractivity contribution < 1.29 is 18.3 Å². The molecule has 0 heterocycles. The minimum Gasteiger partial charge on any atom is -0.480 e. The van der Waals surface area contributed by atoms with E-state index < -0.39 is 22.0 Å². The van der Waals surface area contributed by atoms with E-state index in [0.29, 0.717) is 10.6 Å². The van der Waals surface area contributed by atoms with Gasteiger partial charge in [0.05, 0.1) is 4.90 Å². The molecular weight excluding hydrogens is 362 g/mol. The number of hydrogen-bond acceptors (Lipinski definition) is 3. The van der Waals surface area contributed by atoms with Gasteiger partial charge in [0.25, 0.3) is 0 Å². The van der Waals surface area contributed by atoms with Gasteiger partial charge in [-0.05, 0) is 43.2 Å². The highest BCUT2D eigenvalue weighted by atomic mass is 35.5. The van der Waals surface area contributed by atoms with Crippen LogP contribution in [0, 0.1) is 13.8 Å². The third kappa shape index (κ3) is 4.21. The van der Waals surface area contributed by atoms with E-state index in [2.05, 4.69) is 0 Å². The van der Waals surface area contributed by atoms with Crippen molar-refractivity contribution >= 4 is 27.6 Å². The third-order valence-electron chi connectivity index (χ3n) is 4.22. The van der Waals surface area contributed by atoms with Crippen molar-refractivity contribution in [3.05, 3.63) is 64.2 Å². The summed E-state index contributed by atoms with van der Waals surface area (Å²) >= 11 is 6.08. The summed E-state index contributed by atoms with van der Waals surface area (Å²) in [6, 6.07) is 10.3. The average molecular weight is 382 g/mol. The molecule has 1 atom stereocenters. The molecule has 2 aromatic carbocycles. The van der Waals surface area contributed by atoms with E-state index in [1.807, 2.05) is 6.92 Å². The summed E-state index contributed by atoms with van der Waals surface area (Å²) in [6.45, 7) is 3.63. The fourth-order valence-electron chi connectivity index (χ4n) is 2.50. The number of halogens is 1. The van der Waals surface area contributed by atoms with Gasteiger partial charge in [-0.2, -0.15) is 4.31 Å². The lowest BCUT2D eigenvalue weighted by Gasteiger charge is -2.25. The van der Waals surface area contributed by atoms with Crippen LogP contribution in [0.1, 0.15) is 16.7 Å². The second-order valence-electron chi connectivity index (χ2n) is 5.92. The molecule has 0 spiro atoms. The Bertz CT molecular complexity index is 878. The molecule has 25 heavy (non-hydrogen) atoms. The number of carbonyl (C=O) groups is 1. The lowest BCUT2D eigenvalue weighted by Crippen LogP contribution is -2.43. The quantitative estimate of drug-likeness (QED) is 0.833. The second-order valence-corrected chi connectivity index (χ2v) is 8.32. The van der Waals surface area contributed by atoms with E-state index in [0.717, 1.165) is 15.4 Å². The average Bonchev–Trinajstić information content (AvgIpc) is 2.55. The normalized spacial score (nSPS) is 13.0. The number of hydrogen-bond donors (Lipinski definition) is 1. The largest absolute Gasteiger partial charge is 0.480 e. The van der Waals surface area contributed by atoms with Crippen LogP contribution in [0.2, 0.25) is 5.02 Å². The minimum absolute atomic E-state index is 0.0311. The summed E-state index contributed by atoms with van der Waals surface area (Å²) in [4.78, 5) is 11.8. The minimum atomic E-state index is -3.92. The number of sulfonamides is 1. The maximum absolute atomic E-state index is 12.8. The van der Waals surface area contributed by atoms with Gasteiger partial charge in [0.2, 0.25) is 10.0 Å². The van der Waals surface area contributed by atoms with Crippen LogP contribution in [0.5, 0.6) is 0 Å². The topological polar surface area (TPSA) is 74.7 Å². The van der Waals surface area contributed by atoms with Gasteiger partial charge >= 0.3 is 5.97 Å². The van der Waals surface area contributed by atoms with Gasteiger partial charge in [-0.1, -0.05) is 41.4 Å². The zero-order chi connectivity index (χ0) is 18.8. The van der Waals surface area contributed by atoms with Gasteiger partial charge in [-0.25, -0.2) is 8.42 Å². The first-order valence-corrected chi connectivity index (χ1v) is 9.48. The van der Waals surface area contributed by atoms with Gasteiger partial charge in [0.15, 0.2) is 0 Å². The molecular formula is C18H20ClNO4S. The van der Waals surface area contributed by atoms with Crippen LogP contribution in [0.4, 0.5) is 0 Å². The Kier molecular flexibility index (Phi) is 5.87. The van der Waals surface area contributed by atoms with Crippen LogP contribution in [0.25, 0.3) is 0 Å². The molecule has 0 saturated heterocycles. The molecule has 2 rings (SSSR count). The van der Waals surface area contributed by atoms with Gasteiger partial charge < -0.3 is 5.11 Å². The summed E-state index contributed by atoms with van der Waals surface area (Å²) in [7, 11) is -2.64. The fraction of sp³-hybridized carbons (Fsp3) is 0.278. The molecule has 134 valence electrons. The lowest BCUT2D eigenvalue weighted by atomic mass is 10.0. The first kappa shape index (κ1) is 19.4. The molecule has 0 radical (unpaired) electrons. The standard InChI is InChI=1S/C18H20ClNO4S/c1-12-7-9-15(10-8-12)25(23,24)20(3)17(18(21)22)11-14-5-4-6-16(19)13(14)2/h4-10,17H,11H2,1-3H3,(H,21,22). The summed E-state index contributed by atoms with van der Waals surface area (Å²) in [5.74, 6) is -1.21. The molecule has 0 aromatic heterocycles. The van der Waals surface area contributed by atoms with Crippen LogP contribution < -0.4 is 0 Å². The van der Waals surface area contributed by atoms with Gasteiger partial charge in [-0.15, -0.1) is 0 Å². The number of rotatable bonds is 6. The maximum atomic E-state index is 12.8. The van der Waals surface area contributed by atoms with Crippen molar-refractivity contribution in [2.24, 2.45) is 0 Å². The van der Waals surface area contributed by atoms with E-state index in [9.17, 15) is 18.3 Å². The molecule has 0 bridgehead atoms. The van der Waals surface area contributed by atoms with Crippen molar-refractivity contribution in [3.8, 4) is 0 Å².